The molecule has 0 saturated carbocycles. The first-order valence-electron chi connectivity index (χ1n) is 6.96. The summed E-state index contributed by atoms with van der Waals surface area (Å²) in [5.74, 6) is 0.820. The Morgan fingerprint density at radius 2 is 2.00 bits per heavy atom. The van der Waals surface area contributed by atoms with Crippen LogP contribution in [-0.2, 0) is 4.74 Å². The first-order chi connectivity index (χ1) is 10.2. The van der Waals surface area contributed by atoms with Crippen molar-refractivity contribution >= 4 is 5.69 Å². The minimum Gasteiger partial charge on any atom is -0.491 e. The molecule has 1 heterocycles. The quantitative estimate of drug-likeness (QED) is 0.793. The minimum absolute atomic E-state index is 0.0768. The van der Waals surface area contributed by atoms with E-state index in [0.717, 1.165) is 22.8 Å². The molecule has 21 heavy (non-hydrogen) atoms. The van der Waals surface area contributed by atoms with Gasteiger partial charge in [-0.05, 0) is 26.0 Å². The average Bonchev–Trinajstić information content (AvgIpc) is 2.48. The number of aromatic nitrogens is 2. The molecule has 0 aliphatic heterocycles. The Morgan fingerprint density at radius 1 is 1.19 bits per heavy atom. The third-order valence-corrected chi connectivity index (χ3v) is 3.10. The molecule has 0 spiro atoms. The van der Waals surface area contributed by atoms with Crippen molar-refractivity contribution in [3.63, 3.8) is 0 Å². The Hall–Kier alpha value is -2.14. The SMILES string of the molecule is COCCOc1cccc(NC(C)c2nccnc2C)c1. The van der Waals surface area contributed by atoms with E-state index in [9.17, 15) is 0 Å². The molecule has 2 rings (SSSR count). The van der Waals surface area contributed by atoms with Crippen LogP contribution in [0.2, 0.25) is 0 Å². The first-order valence-corrected chi connectivity index (χ1v) is 6.96. The molecule has 0 bridgehead atoms. The highest BCUT2D eigenvalue weighted by molar-refractivity contribution is 5.49. The monoisotopic (exact) mass is 287 g/mol. The number of benzene rings is 1. The van der Waals surface area contributed by atoms with Gasteiger partial charge in [-0.15, -0.1) is 0 Å². The maximum absolute atomic E-state index is 5.61. The van der Waals surface area contributed by atoms with Crippen LogP contribution in [0.15, 0.2) is 36.7 Å². The number of aryl methyl sites for hydroxylation is 1. The molecular formula is C16H21N3O2. The zero-order valence-electron chi connectivity index (χ0n) is 12.7. The van der Waals surface area contributed by atoms with Crippen LogP contribution in [-0.4, -0.2) is 30.3 Å². The highest BCUT2D eigenvalue weighted by atomic mass is 16.5. The summed E-state index contributed by atoms with van der Waals surface area (Å²) in [5.41, 5.74) is 2.87. The van der Waals surface area contributed by atoms with Crippen LogP contribution >= 0.6 is 0 Å². The molecule has 0 amide bonds. The predicted octanol–water partition coefficient (Wildman–Crippen LogP) is 2.98. The Labute approximate surface area is 125 Å². The first kappa shape index (κ1) is 15.3. The Kier molecular flexibility index (Phi) is 5.51. The van der Waals surface area contributed by atoms with Gasteiger partial charge in [0.1, 0.15) is 12.4 Å². The molecular weight excluding hydrogens is 266 g/mol. The fourth-order valence-electron chi connectivity index (χ4n) is 2.08. The van der Waals surface area contributed by atoms with Crippen molar-refractivity contribution < 1.29 is 9.47 Å². The van der Waals surface area contributed by atoms with Crippen molar-refractivity contribution in [2.24, 2.45) is 0 Å². The van der Waals surface area contributed by atoms with E-state index in [1.165, 1.54) is 0 Å². The van der Waals surface area contributed by atoms with E-state index in [2.05, 4.69) is 22.2 Å². The maximum atomic E-state index is 5.61. The van der Waals surface area contributed by atoms with Gasteiger partial charge in [-0.2, -0.15) is 0 Å². The molecule has 5 heteroatoms. The largest absolute Gasteiger partial charge is 0.491 e. The number of anilines is 1. The molecule has 0 aliphatic carbocycles. The van der Waals surface area contributed by atoms with Gasteiger partial charge in [-0.25, -0.2) is 0 Å². The van der Waals surface area contributed by atoms with Gasteiger partial charge < -0.3 is 14.8 Å². The van der Waals surface area contributed by atoms with Crippen molar-refractivity contribution in [2.45, 2.75) is 19.9 Å². The van der Waals surface area contributed by atoms with E-state index >= 15 is 0 Å². The van der Waals surface area contributed by atoms with Crippen LogP contribution < -0.4 is 10.1 Å². The van der Waals surface area contributed by atoms with E-state index in [1.807, 2.05) is 31.2 Å². The Bertz CT molecular complexity index is 575. The standard InChI is InChI=1S/C16H21N3O2/c1-12-16(18-8-7-17-12)13(2)19-14-5-4-6-15(11-14)21-10-9-20-3/h4-8,11,13,19H,9-10H2,1-3H3. The minimum atomic E-state index is 0.0768. The topological polar surface area (TPSA) is 56.3 Å². The molecule has 5 nitrogen and oxygen atoms in total. The lowest BCUT2D eigenvalue weighted by Gasteiger charge is -2.16. The molecule has 1 aromatic carbocycles. The van der Waals surface area contributed by atoms with Crippen molar-refractivity contribution in [3.8, 4) is 5.75 Å². The van der Waals surface area contributed by atoms with Crippen molar-refractivity contribution in [3.05, 3.63) is 48.0 Å². The Balaban J connectivity index is 2.02. The number of methoxy groups -OCH3 is 1. The number of ether oxygens (including phenoxy) is 2. The molecule has 112 valence electrons. The highest BCUT2D eigenvalue weighted by Crippen LogP contribution is 2.22. The summed E-state index contributed by atoms with van der Waals surface area (Å²) in [6.45, 7) is 5.14. The van der Waals surface area contributed by atoms with E-state index in [-0.39, 0.29) is 6.04 Å². The molecule has 1 N–H and O–H groups in total. The van der Waals surface area contributed by atoms with Gasteiger partial charge in [0.2, 0.25) is 0 Å². The third kappa shape index (κ3) is 4.43. The van der Waals surface area contributed by atoms with Gasteiger partial charge in [-0.1, -0.05) is 6.07 Å². The number of hydrogen-bond acceptors (Lipinski definition) is 5. The zero-order chi connectivity index (χ0) is 15.1. The van der Waals surface area contributed by atoms with Gasteiger partial charge in [0.15, 0.2) is 0 Å². The van der Waals surface area contributed by atoms with E-state index in [0.29, 0.717) is 13.2 Å². The maximum Gasteiger partial charge on any atom is 0.121 e. The number of hydrogen-bond donors (Lipinski definition) is 1. The summed E-state index contributed by atoms with van der Waals surface area (Å²) in [6, 6.07) is 7.94. The number of nitrogens with one attached hydrogen (secondary N) is 1. The van der Waals surface area contributed by atoms with E-state index in [1.54, 1.807) is 19.5 Å². The van der Waals surface area contributed by atoms with Crippen LogP contribution in [0.4, 0.5) is 5.69 Å². The molecule has 0 aliphatic rings. The summed E-state index contributed by atoms with van der Waals surface area (Å²) in [4.78, 5) is 8.65. The number of nitrogens with zero attached hydrogens (tertiary/aromatic N) is 2. The zero-order valence-corrected chi connectivity index (χ0v) is 12.7. The molecule has 1 aromatic heterocycles. The average molecular weight is 287 g/mol. The summed E-state index contributed by atoms with van der Waals surface area (Å²) < 4.78 is 10.6. The third-order valence-electron chi connectivity index (χ3n) is 3.10. The number of rotatable bonds is 7. The van der Waals surface area contributed by atoms with Gasteiger partial charge in [0, 0.05) is 31.3 Å². The second-order valence-electron chi connectivity index (χ2n) is 4.76. The smallest absolute Gasteiger partial charge is 0.121 e. The van der Waals surface area contributed by atoms with E-state index < -0.39 is 0 Å². The van der Waals surface area contributed by atoms with Crippen LogP contribution in [0.3, 0.4) is 0 Å². The van der Waals surface area contributed by atoms with Crippen LogP contribution in [0.5, 0.6) is 5.75 Å². The molecule has 1 atom stereocenters. The van der Waals surface area contributed by atoms with Crippen LogP contribution in [0.1, 0.15) is 24.4 Å². The van der Waals surface area contributed by atoms with Crippen molar-refractivity contribution in [1.82, 2.24) is 9.97 Å². The normalized spacial score (nSPS) is 12.0. The fraction of sp³-hybridized carbons (Fsp3) is 0.375. The summed E-state index contributed by atoms with van der Waals surface area (Å²) in [6.07, 6.45) is 3.42. The molecule has 2 aromatic rings. The lowest BCUT2D eigenvalue weighted by Crippen LogP contribution is -2.11. The van der Waals surface area contributed by atoms with Crippen molar-refractivity contribution in [1.29, 1.82) is 0 Å². The lowest BCUT2D eigenvalue weighted by atomic mass is 10.1. The molecule has 1 unspecified atom stereocenters. The molecule has 0 saturated heterocycles. The summed E-state index contributed by atoms with van der Waals surface area (Å²) in [7, 11) is 1.66. The van der Waals surface area contributed by atoms with Crippen LogP contribution in [0.25, 0.3) is 0 Å². The van der Waals surface area contributed by atoms with Crippen molar-refractivity contribution in [2.75, 3.05) is 25.6 Å². The van der Waals surface area contributed by atoms with Gasteiger partial charge >= 0.3 is 0 Å². The molecule has 0 radical (unpaired) electrons. The summed E-state index contributed by atoms with van der Waals surface area (Å²) in [5, 5.41) is 3.42. The van der Waals surface area contributed by atoms with Crippen LogP contribution in [0, 0.1) is 6.92 Å². The second kappa shape index (κ2) is 7.59. The van der Waals surface area contributed by atoms with Gasteiger partial charge in [0.05, 0.1) is 24.0 Å². The summed E-state index contributed by atoms with van der Waals surface area (Å²) >= 11 is 0. The fourth-order valence-corrected chi connectivity index (χ4v) is 2.08. The highest BCUT2D eigenvalue weighted by Gasteiger charge is 2.10. The Morgan fingerprint density at radius 3 is 2.76 bits per heavy atom. The second-order valence-corrected chi connectivity index (χ2v) is 4.76. The van der Waals surface area contributed by atoms with E-state index in [4.69, 9.17) is 9.47 Å². The predicted molar refractivity (Wildman–Crippen MR) is 82.6 cm³/mol. The lowest BCUT2D eigenvalue weighted by molar-refractivity contribution is 0.146. The van der Waals surface area contributed by atoms with Gasteiger partial charge in [-0.3, -0.25) is 9.97 Å². The van der Waals surface area contributed by atoms with Gasteiger partial charge in [0.25, 0.3) is 0 Å². The molecule has 0 fully saturated rings.